The van der Waals surface area contributed by atoms with E-state index in [1.807, 2.05) is 47.4 Å². The highest BCUT2D eigenvalue weighted by Crippen LogP contribution is 2.22. The molecule has 1 aromatic heterocycles. The lowest BCUT2D eigenvalue weighted by atomic mass is 10.2. The highest BCUT2D eigenvalue weighted by atomic mass is 16.2. The fourth-order valence-corrected chi connectivity index (χ4v) is 3.11. The molecule has 1 fully saturated rings. The number of nitrogens with one attached hydrogen (secondary N) is 2. The van der Waals surface area contributed by atoms with Crippen molar-refractivity contribution in [2.75, 3.05) is 16.8 Å². The van der Waals surface area contributed by atoms with Crippen LogP contribution in [0, 0.1) is 0 Å². The van der Waals surface area contributed by atoms with Gasteiger partial charge in [-0.25, -0.2) is 4.98 Å². The monoisotopic (exact) mass is 334 g/mol. The van der Waals surface area contributed by atoms with Crippen LogP contribution in [-0.2, 0) is 11.3 Å². The van der Waals surface area contributed by atoms with Gasteiger partial charge >= 0.3 is 0 Å². The molecule has 0 spiro atoms. The van der Waals surface area contributed by atoms with E-state index in [0.717, 1.165) is 24.2 Å². The van der Waals surface area contributed by atoms with Gasteiger partial charge in [0.15, 0.2) is 0 Å². The number of para-hydroxylation sites is 1. The van der Waals surface area contributed by atoms with E-state index < -0.39 is 0 Å². The standard InChI is InChI=1S/C19H18N4O2/c24-17-9-4-10-23(17)14-6-3-5-13(11-14)12-20-19-21-16-8-2-1-7-15(16)18(25)22-19/h1-3,5-8,11H,4,9-10,12H2,(H2,20,21,22,25). The third kappa shape index (κ3) is 3.10. The molecule has 1 aliphatic heterocycles. The Bertz CT molecular complexity index is 996. The highest BCUT2D eigenvalue weighted by Gasteiger charge is 2.21. The van der Waals surface area contributed by atoms with Crippen molar-refractivity contribution in [1.29, 1.82) is 0 Å². The molecule has 2 N–H and O–H groups in total. The SMILES string of the molecule is O=C1CCCN1c1cccc(CNc2nc3ccccc3c(=O)[nH]2)c1. The minimum Gasteiger partial charge on any atom is -0.352 e. The molecule has 2 heterocycles. The number of hydrogen-bond donors (Lipinski definition) is 2. The van der Waals surface area contributed by atoms with Gasteiger partial charge in [-0.15, -0.1) is 0 Å². The molecule has 0 radical (unpaired) electrons. The summed E-state index contributed by atoms with van der Waals surface area (Å²) in [7, 11) is 0. The molecule has 0 bridgehead atoms. The average Bonchev–Trinajstić information content (AvgIpc) is 3.06. The predicted molar refractivity (Wildman–Crippen MR) is 97.7 cm³/mol. The number of carbonyl (C=O) groups excluding carboxylic acids is 1. The smallest absolute Gasteiger partial charge is 0.260 e. The number of nitrogens with zero attached hydrogens (tertiary/aromatic N) is 2. The van der Waals surface area contributed by atoms with E-state index in [1.54, 1.807) is 6.07 Å². The van der Waals surface area contributed by atoms with Gasteiger partial charge in [0, 0.05) is 25.2 Å². The van der Waals surface area contributed by atoms with Crippen molar-refractivity contribution >= 4 is 28.4 Å². The number of hydrogen-bond acceptors (Lipinski definition) is 4. The maximum Gasteiger partial charge on any atom is 0.260 e. The third-order valence-corrected chi connectivity index (χ3v) is 4.37. The topological polar surface area (TPSA) is 78.1 Å². The summed E-state index contributed by atoms with van der Waals surface area (Å²) in [6.07, 6.45) is 1.52. The van der Waals surface area contributed by atoms with Gasteiger partial charge in [-0.05, 0) is 36.2 Å². The Morgan fingerprint density at radius 3 is 2.84 bits per heavy atom. The number of H-pyrrole nitrogens is 1. The van der Waals surface area contributed by atoms with Crippen molar-refractivity contribution in [3.05, 3.63) is 64.4 Å². The molecule has 0 saturated carbocycles. The molecule has 1 amide bonds. The number of aromatic nitrogens is 2. The van der Waals surface area contributed by atoms with Gasteiger partial charge in [0.05, 0.1) is 10.9 Å². The van der Waals surface area contributed by atoms with Gasteiger partial charge in [-0.3, -0.25) is 14.6 Å². The molecule has 1 aliphatic rings. The molecule has 0 unspecified atom stereocenters. The Morgan fingerprint density at radius 1 is 1.12 bits per heavy atom. The van der Waals surface area contributed by atoms with Crippen molar-refractivity contribution in [3.8, 4) is 0 Å². The summed E-state index contributed by atoms with van der Waals surface area (Å²) in [4.78, 5) is 33.0. The summed E-state index contributed by atoms with van der Waals surface area (Å²) in [5, 5.41) is 3.72. The van der Waals surface area contributed by atoms with Crippen LogP contribution >= 0.6 is 0 Å². The molecule has 2 aromatic carbocycles. The van der Waals surface area contributed by atoms with Crippen LogP contribution in [0.1, 0.15) is 18.4 Å². The van der Waals surface area contributed by atoms with E-state index in [9.17, 15) is 9.59 Å². The van der Waals surface area contributed by atoms with E-state index in [-0.39, 0.29) is 11.5 Å². The Labute approximate surface area is 144 Å². The fourth-order valence-electron chi connectivity index (χ4n) is 3.11. The minimum atomic E-state index is -0.162. The van der Waals surface area contributed by atoms with Gasteiger partial charge in [0.2, 0.25) is 11.9 Å². The largest absolute Gasteiger partial charge is 0.352 e. The number of anilines is 2. The second-order valence-electron chi connectivity index (χ2n) is 6.10. The molecule has 25 heavy (non-hydrogen) atoms. The Balaban J connectivity index is 1.54. The van der Waals surface area contributed by atoms with Crippen molar-refractivity contribution in [3.63, 3.8) is 0 Å². The number of carbonyl (C=O) groups is 1. The first-order chi connectivity index (χ1) is 12.2. The van der Waals surface area contributed by atoms with E-state index in [1.165, 1.54) is 0 Å². The number of fused-ring (bicyclic) bond motifs is 1. The normalized spacial score (nSPS) is 14.2. The summed E-state index contributed by atoms with van der Waals surface area (Å²) < 4.78 is 0. The van der Waals surface area contributed by atoms with Crippen molar-refractivity contribution in [2.45, 2.75) is 19.4 Å². The summed E-state index contributed by atoms with van der Waals surface area (Å²) in [5.74, 6) is 0.608. The van der Waals surface area contributed by atoms with Gasteiger partial charge in [0.25, 0.3) is 5.56 Å². The Morgan fingerprint density at radius 2 is 2.00 bits per heavy atom. The zero-order chi connectivity index (χ0) is 17.2. The van der Waals surface area contributed by atoms with Crippen LogP contribution in [0.15, 0.2) is 53.3 Å². The van der Waals surface area contributed by atoms with Gasteiger partial charge in [-0.1, -0.05) is 24.3 Å². The minimum absolute atomic E-state index is 0.162. The second kappa shape index (κ2) is 6.39. The number of rotatable bonds is 4. The Hall–Kier alpha value is -3.15. The van der Waals surface area contributed by atoms with Crippen LogP contribution in [0.2, 0.25) is 0 Å². The lowest BCUT2D eigenvalue weighted by molar-refractivity contribution is -0.117. The molecule has 1 saturated heterocycles. The summed E-state index contributed by atoms with van der Waals surface area (Å²) in [6.45, 7) is 1.28. The molecule has 3 aromatic rings. The second-order valence-corrected chi connectivity index (χ2v) is 6.10. The number of amides is 1. The van der Waals surface area contributed by atoms with Crippen LogP contribution in [0.3, 0.4) is 0 Å². The van der Waals surface area contributed by atoms with E-state index in [0.29, 0.717) is 29.8 Å². The summed E-state index contributed by atoms with van der Waals surface area (Å²) in [5.41, 5.74) is 2.43. The van der Waals surface area contributed by atoms with Crippen molar-refractivity contribution < 1.29 is 4.79 Å². The van der Waals surface area contributed by atoms with Gasteiger partial charge < -0.3 is 10.2 Å². The lowest BCUT2D eigenvalue weighted by Gasteiger charge is -2.16. The van der Waals surface area contributed by atoms with Crippen molar-refractivity contribution in [1.82, 2.24) is 9.97 Å². The van der Waals surface area contributed by atoms with E-state index in [2.05, 4.69) is 15.3 Å². The zero-order valence-corrected chi connectivity index (χ0v) is 13.7. The van der Waals surface area contributed by atoms with Crippen LogP contribution in [0.4, 0.5) is 11.6 Å². The average molecular weight is 334 g/mol. The maximum atomic E-state index is 12.1. The van der Waals surface area contributed by atoms with Crippen LogP contribution < -0.4 is 15.8 Å². The number of benzene rings is 2. The maximum absolute atomic E-state index is 12.1. The lowest BCUT2D eigenvalue weighted by Crippen LogP contribution is -2.23. The number of aromatic amines is 1. The molecule has 126 valence electrons. The highest BCUT2D eigenvalue weighted by molar-refractivity contribution is 5.95. The quantitative estimate of drug-likeness (QED) is 0.769. The van der Waals surface area contributed by atoms with Gasteiger partial charge in [0.1, 0.15) is 0 Å². The zero-order valence-electron chi connectivity index (χ0n) is 13.7. The van der Waals surface area contributed by atoms with Crippen LogP contribution in [0.5, 0.6) is 0 Å². The fraction of sp³-hybridized carbons (Fsp3) is 0.211. The molecule has 6 nitrogen and oxygen atoms in total. The predicted octanol–water partition coefficient (Wildman–Crippen LogP) is 2.66. The summed E-state index contributed by atoms with van der Waals surface area (Å²) >= 11 is 0. The van der Waals surface area contributed by atoms with Crippen LogP contribution in [-0.4, -0.2) is 22.4 Å². The molecule has 6 heteroatoms. The third-order valence-electron chi connectivity index (χ3n) is 4.37. The Kier molecular flexibility index (Phi) is 3.93. The molecule has 0 aliphatic carbocycles. The van der Waals surface area contributed by atoms with Crippen LogP contribution in [0.25, 0.3) is 10.9 Å². The molecular weight excluding hydrogens is 316 g/mol. The molecular formula is C19H18N4O2. The van der Waals surface area contributed by atoms with Gasteiger partial charge in [-0.2, -0.15) is 0 Å². The first-order valence-corrected chi connectivity index (χ1v) is 8.33. The van der Waals surface area contributed by atoms with E-state index in [4.69, 9.17) is 0 Å². The van der Waals surface area contributed by atoms with Crippen molar-refractivity contribution in [2.24, 2.45) is 0 Å². The first kappa shape index (κ1) is 15.4. The van der Waals surface area contributed by atoms with E-state index >= 15 is 0 Å². The molecule has 0 atom stereocenters. The first-order valence-electron chi connectivity index (χ1n) is 8.33. The molecule has 4 rings (SSSR count). The summed E-state index contributed by atoms with van der Waals surface area (Å²) in [6, 6.07) is 15.1.